The second-order valence-electron chi connectivity index (χ2n) is 5.03. The summed E-state index contributed by atoms with van der Waals surface area (Å²) in [5.41, 5.74) is 0. The van der Waals surface area contributed by atoms with Crippen molar-refractivity contribution in [2.45, 2.75) is 34.1 Å². The van der Waals surface area contributed by atoms with Gasteiger partial charge in [0.2, 0.25) is 5.91 Å². The summed E-state index contributed by atoms with van der Waals surface area (Å²) in [6, 6.07) is 0. The maximum atomic E-state index is 11.7. The largest absolute Gasteiger partial charge is 0.466 e. The van der Waals surface area contributed by atoms with E-state index in [9.17, 15) is 14.4 Å². The van der Waals surface area contributed by atoms with Crippen molar-refractivity contribution < 1.29 is 23.9 Å². The molecule has 114 valence electrons. The average molecular weight is 285 g/mol. The van der Waals surface area contributed by atoms with Crippen molar-refractivity contribution in [1.82, 2.24) is 4.90 Å². The molecule has 0 N–H and O–H groups in total. The van der Waals surface area contributed by atoms with E-state index in [1.54, 1.807) is 13.8 Å². The van der Waals surface area contributed by atoms with Gasteiger partial charge in [-0.2, -0.15) is 0 Å². The molecule has 0 aromatic rings. The number of ether oxygens (including phenoxy) is 2. The second-order valence-corrected chi connectivity index (χ2v) is 5.03. The van der Waals surface area contributed by atoms with Crippen LogP contribution in [0.3, 0.4) is 0 Å². The van der Waals surface area contributed by atoms with Gasteiger partial charge in [-0.1, -0.05) is 6.92 Å². The van der Waals surface area contributed by atoms with Gasteiger partial charge in [-0.15, -0.1) is 0 Å². The van der Waals surface area contributed by atoms with Crippen LogP contribution in [0.25, 0.3) is 0 Å². The molecule has 1 aliphatic rings. The third-order valence-electron chi connectivity index (χ3n) is 3.56. The number of esters is 1. The molecule has 6 heteroatoms. The van der Waals surface area contributed by atoms with Crippen LogP contribution in [0, 0.1) is 17.8 Å². The monoisotopic (exact) mass is 285 g/mol. The number of hydrogen-bond donors (Lipinski definition) is 0. The zero-order valence-corrected chi connectivity index (χ0v) is 12.5. The minimum absolute atomic E-state index is 0.155. The smallest absolute Gasteiger partial charge is 0.416 e. The van der Waals surface area contributed by atoms with Gasteiger partial charge in [0.15, 0.2) is 0 Å². The van der Waals surface area contributed by atoms with Gasteiger partial charge in [0.05, 0.1) is 19.1 Å². The summed E-state index contributed by atoms with van der Waals surface area (Å²) in [6.07, 6.45) is 0.206. The second kappa shape index (κ2) is 7.26. The lowest BCUT2D eigenvalue weighted by Crippen LogP contribution is -2.37. The third kappa shape index (κ3) is 4.21. The topological polar surface area (TPSA) is 72.9 Å². The van der Waals surface area contributed by atoms with E-state index in [-0.39, 0.29) is 36.2 Å². The van der Waals surface area contributed by atoms with Gasteiger partial charge in [0.1, 0.15) is 0 Å². The normalized spacial score (nSPS) is 21.8. The van der Waals surface area contributed by atoms with E-state index >= 15 is 0 Å². The van der Waals surface area contributed by atoms with Gasteiger partial charge in [-0.05, 0) is 32.1 Å². The maximum absolute atomic E-state index is 11.7. The predicted molar refractivity (Wildman–Crippen MR) is 71.8 cm³/mol. The standard InChI is InChI=1S/C14H23NO5/c1-5-19-13(17)9(3)12-7-11(12)8-15(10(4)16)14(18)20-6-2/h9,11-12H,5-8H2,1-4H3. The first kappa shape index (κ1) is 16.5. The molecule has 2 amide bonds. The lowest BCUT2D eigenvalue weighted by atomic mass is 10.0. The van der Waals surface area contributed by atoms with E-state index in [1.807, 2.05) is 6.92 Å². The minimum atomic E-state index is -0.616. The number of imide groups is 1. The molecule has 3 atom stereocenters. The Morgan fingerprint density at radius 2 is 1.80 bits per heavy atom. The highest BCUT2D eigenvalue weighted by Crippen LogP contribution is 2.45. The van der Waals surface area contributed by atoms with Crippen LogP contribution >= 0.6 is 0 Å². The zero-order valence-electron chi connectivity index (χ0n) is 12.5. The van der Waals surface area contributed by atoms with E-state index in [4.69, 9.17) is 9.47 Å². The molecule has 0 saturated heterocycles. The summed E-state index contributed by atoms with van der Waals surface area (Å²) in [5, 5.41) is 0. The maximum Gasteiger partial charge on any atom is 0.416 e. The molecule has 0 radical (unpaired) electrons. The highest BCUT2D eigenvalue weighted by atomic mass is 16.6. The van der Waals surface area contributed by atoms with Gasteiger partial charge in [-0.25, -0.2) is 9.69 Å². The fourth-order valence-corrected chi connectivity index (χ4v) is 2.31. The zero-order chi connectivity index (χ0) is 15.3. The van der Waals surface area contributed by atoms with Crippen LogP contribution in [0.4, 0.5) is 4.79 Å². The molecule has 0 aromatic carbocycles. The molecule has 6 nitrogen and oxygen atoms in total. The first-order valence-electron chi connectivity index (χ1n) is 7.03. The lowest BCUT2D eigenvalue weighted by molar-refractivity contribution is -0.148. The van der Waals surface area contributed by atoms with Crippen molar-refractivity contribution >= 4 is 18.0 Å². The summed E-state index contributed by atoms with van der Waals surface area (Å²) in [7, 11) is 0. The molecular formula is C14H23NO5. The Morgan fingerprint density at radius 3 is 2.30 bits per heavy atom. The Labute approximate surface area is 119 Å². The van der Waals surface area contributed by atoms with Gasteiger partial charge in [0, 0.05) is 13.5 Å². The number of rotatable bonds is 6. The number of amides is 2. The van der Waals surface area contributed by atoms with Crippen molar-refractivity contribution in [3.8, 4) is 0 Å². The Morgan fingerprint density at radius 1 is 1.20 bits per heavy atom. The molecule has 3 unspecified atom stereocenters. The van der Waals surface area contributed by atoms with Crippen LogP contribution in [0.5, 0.6) is 0 Å². The van der Waals surface area contributed by atoms with Crippen molar-refractivity contribution in [1.29, 1.82) is 0 Å². The van der Waals surface area contributed by atoms with Crippen LogP contribution in [0.1, 0.15) is 34.1 Å². The Hall–Kier alpha value is -1.59. The van der Waals surface area contributed by atoms with Crippen LogP contribution in [0.15, 0.2) is 0 Å². The fourth-order valence-electron chi connectivity index (χ4n) is 2.31. The molecule has 0 aliphatic heterocycles. The molecule has 0 bridgehead atoms. The number of hydrogen-bond acceptors (Lipinski definition) is 5. The van der Waals surface area contributed by atoms with Gasteiger partial charge < -0.3 is 9.47 Å². The molecule has 1 fully saturated rings. The van der Waals surface area contributed by atoms with Crippen molar-refractivity contribution in [3.05, 3.63) is 0 Å². The fraction of sp³-hybridized carbons (Fsp3) is 0.786. The Balaban J connectivity index is 2.51. The molecule has 1 aliphatic carbocycles. The van der Waals surface area contributed by atoms with E-state index in [2.05, 4.69) is 0 Å². The number of carbonyl (C=O) groups excluding carboxylic acids is 3. The Kier molecular flexibility index (Phi) is 5.98. The van der Waals surface area contributed by atoms with Gasteiger partial charge in [-0.3, -0.25) is 9.59 Å². The summed E-state index contributed by atoms with van der Waals surface area (Å²) >= 11 is 0. The third-order valence-corrected chi connectivity index (χ3v) is 3.56. The van der Waals surface area contributed by atoms with Crippen molar-refractivity contribution in [2.24, 2.45) is 17.8 Å². The number of nitrogens with zero attached hydrogens (tertiary/aromatic N) is 1. The number of carbonyl (C=O) groups is 3. The first-order valence-corrected chi connectivity index (χ1v) is 7.03. The molecule has 0 aromatic heterocycles. The highest BCUT2D eigenvalue weighted by Gasteiger charge is 2.46. The van der Waals surface area contributed by atoms with Gasteiger partial charge in [0.25, 0.3) is 0 Å². The molecule has 1 saturated carbocycles. The van der Waals surface area contributed by atoms with Crippen LogP contribution in [-0.4, -0.2) is 42.6 Å². The molecule has 0 spiro atoms. The molecule has 1 rings (SSSR count). The van der Waals surface area contributed by atoms with E-state index < -0.39 is 6.09 Å². The average Bonchev–Trinajstić information content (AvgIpc) is 3.14. The van der Waals surface area contributed by atoms with E-state index in [0.29, 0.717) is 13.2 Å². The lowest BCUT2D eigenvalue weighted by Gasteiger charge is -2.18. The summed E-state index contributed by atoms with van der Waals surface area (Å²) in [5.74, 6) is -0.424. The molecular weight excluding hydrogens is 262 g/mol. The summed E-state index contributed by atoms with van der Waals surface area (Å²) < 4.78 is 9.83. The van der Waals surface area contributed by atoms with Crippen molar-refractivity contribution in [2.75, 3.05) is 19.8 Å². The summed E-state index contributed by atoms with van der Waals surface area (Å²) in [4.78, 5) is 35.9. The summed E-state index contributed by atoms with van der Waals surface area (Å²) in [6.45, 7) is 7.53. The molecule has 20 heavy (non-hydrogen) atoms. The molecule has 0 heterocycles. The minimum Gasteiger partial charge on any atom is -0.466 e. The van der Waals surface area contributed by atoms with E-state index in [1.165, 1.54) is 6.92 Å². The van der Waals surface area contributed by atoms with Crippen molar-refractivity contribution in [3.63, 3.8) is 0 Å². The first-order chi connectivity index (χ1) is 9.42. The van der Waals surface area contributed by atoms with Crippen LogP contribution in [0.2, 0.25) is 0 Å². The Bertz CT molecular complexity index is 382. The van der Waals surface area contributed by atoms with Crippen LogP contribution < -0.4 is 0 Å². The highest BCUT2D eigenvalue weighted by molar-refractivity contribution is 5.90. The van der Waals surface area contributed by atoms with E-state index in [0.717, 1.165) is 11.3 Å². The quantitative estimate of drug-likeness (QED) is 0.696. The predicted octanol–water partition coefficient (Wildman–Crippen LogP) is 1.83. The SMILES string of the molecule is CCOC(=O)C(C)C1CC1CN(C(C)=O)C(=O)OCC. The van der Waals surface area contributed by atoms with Gasteiger partial charge >= 0.3 is 12.1 Å². The van der Waals surface area contributed by atoms with Crippen LogP contribution in [-0.2, 0) is 19.1 Å².